The number of allylic oxidation sites excluding steroid dienone is 4. The molecule has 0 saturated carbocycles. The molecule has 0 radical (unpaired) electrons. The van der Waals surface area contributed by atoms with E-state index >= 15 is 0 Å². The van der Waals surface area contributed by atoms with Crippen LogP contribution in [0.4, 0.5) is 4.39 Å². The molecule has 2 aromatic heterocycles. The lowest BCUT2D eigenvalue weighted by Crippen LogP contribution is -2.02. The zero-order valence-corrected chi connectivity index (χ0v) is 22.7. The Hall–Kier alpha value is -5.35. The second kappa shape index (κ2) is 9.93. The molecule has 8 rings (SSSR count). The van der Waals surface area contributed by atoms with E-state index in [1.54, 1.807) is 6.07 Å². The number of fused-ring (bicyclic) bond motifs is 5. The molecule has 0 spiro atoms. The average molecular weight is 545 g/mol. The number of hydrogen-bond donors (Lipinski definition) is 0. The average Bonchev–Trinajstić information content (AvgIpc) is 3.43. The van der Waals surface area contributed by atoms with Gasteiger partial charge >= 0.3 is 0 Å². The van der Waals surface area contributed by atoms with Crippen LogP contribution in [0, 0.1) is 5.82 Å². The van der Waals surface area contributed by atoms with E-state index in [9.17, 15) is 4.39 Å². The van der Waals surface area contributed by atoms with Crippen molar-refractivity contribution in [2.24, 2.45) is 0 Å². The quantitative estimate of drug-likeness (QED) is 0.221. The van der Waals surface area contributed by atoms with E-state index in [-0.39, 0.29) is 5.82 Å². The van der Waals surface area contributed by atoms with Gasteiger partial charge in [-0.1, -0.05) is 84.9 Å². The second-order valence-corrected chi connectivity index (χ2v) is 10.7. The molecule has 0 N–H and O–H groups in total. The highest BCUT2D eigenvalue weighted by Gasteiger charge is 2.17. The van der Waals surface area contributed by atoms with E-state index in [2.05, 4.69) is 60.7 Å². The molecule has 0 unspecified atom stereocenters. The minimum atomic E-state index is -0.287. The van der Waals surface area contributed by atoms with Gasteiger partial charge < -0.3 is 4.42 Å². The van der Waals surface area contributed by atoms with Gasteiger partial charge in [-0.2, -0.15) is 0 Å². The molecular formula is C38H25FN2O. The summed E-state index contributed by atoms with van der Waals surface area (Å²) < 4.78 is 20.6. The van der Waals surface area contributed by atoms with Crippen LogP contribution in [0.3, 0.4) is 0 Å². The minimum absolute atomic E-state index is 0.287. The van der Waals surface area contributed by atoms with Crippen LogP contribution in [0.1, 0.15) is 24.2 Å². The van der Waals surface area contributed by atoms with Gasteiger partial charge in [-0.3, -0.25) is 0 Å². The summed E-state index contributed by atoms with van der Waals surface area (Å²) in [6.45, 7) is 0. The molecule has 5 aromatic carbocycles. The summed E-state index contributed by atoms with van der Waals surface area (Å²) in [5, 5.41) is 4.53. The van der Waals surface area contributed by atoms with Crippen LogP contribution >= 0.6 is 0 Å². The molecule has 7 aromatic rings. The molecule has 1 aliphatic rings. The highest BCUT2D eigenvalue weighted by atomic mass is 19.1. The number of benzene rings is 5. The van der Waals surface area contributed by atoms with Crippen LogP contribution in [0.2, 0.25) is 0 Å². The minimum Gasteiger partial charge on any atom is -0.455 e. The Bertz CT molecular complexity index is 2210. The fraction of sp³-hybridized carbons (Fsp3) is 0.0526. The van der Waals surface area contributed by atoms with Gasteiger partial charge in [-0.15, -0.1) is 0 Å². The van der Waals surface area contributed by atoms with Gasteiger partial charge in [-0.25, -0.2) is 14.4 Å². The van der Waals surface area contributed by atoms with E-state index in [0.29, 0.717) is 11.5 Å². The van der Waals surface area contributed by atoms with Crippen molar-refractivity contribution in [2.45, 2.75) is 12.8 Å². The van der Waals surface area contributed by atoms with Crippen molar-refractivity contribution in [1.29, 1.82) is 0 Å². The first-order valence-electron chi connectivity index (χ1n) is 14.2. The molecule has 1 aliphatic carbocycles. The summed E-state index contributed by atoms with van der Waals surface area (Å²) >= 11 is 0. The summed E-state index contributed by atoms with van der Waals surface area (Å²) in [5.41, 5.74) is 8.29. The van der Waals surface area contributed by atoms with E-state index in [1.807, 2.05) is 48.5 Å². The second-order valence-electron chi connectivity index (χ2n) is 10.7. The van der Waals surface area contributed by atoms with Crippen molar-refractivity contribution in [2.75, 3.05) is 0 Å². The normalized spacial score (nSPS) is 13.5. The van der Waals surface area contributed by atoms with Gasteiger partial charge in [-0.05, 0) is 77.4 Å². The maximum absolute atomic E-state index is 14.2. The number of aromatic nitrogens is 2. The van der Waals surface area contributed by atoms with E-state index < -0.39 is 0 Å². The molecule has 0 atom stereocenters. The van der Waals surface area contributed by atoms with Crippen molar-refractivity contribution in [3.8, 4) is 22.5 Å². The molecule has 200 valence electrons. The first kappa shape index (κ1) is 24.4. The van der Waals surface area contributed by atoms with Crippen molar-refractivity contribution in [1.82, 2.24) is 9.97 Å². The summed E-state index contributed by atoms with van der Waals surface area (Å²) in [4.78, 5) is 9.93. The Morgan fingerprint density at radius 1 is 0.619 bits per heavy atom. The monoisotopic (exact) mass is 544 g/mol. The van der Waals surface area contributed by atoms with Crippen molar-refractivity contribution in [3.05, 3.63) is 145 Å². The van der Waals surface area contributed by atoms with Crippen LogP contribution < -0.4 is 0 Å². The molecule has 0 saturated heterocycles. The van der Waals surface area contributed by atoms with Gasteiger partial charge in [0, 0.05) is 27.3 Å². The summed E-state index contributed by atoms with van der Waals surface area (Å²) in [7, 11) is 0. The third-order valence-corrected chi connectivity index (χ3v) is 8.01. The topological polar surface area (TPSA) is 38.9 Å². The largest absolute Gasteiger partial charge is 0.455 e. The van der Waals surface area contributed by atoms with Gasteiger partial charge in [0.2, 0.25) is 0 Å². The van der Waals surface area contributed by atoms with Crippen LogP contribution in [0.5, 0.6) is 0 Å². The number of halogens is 1. The van der Waals surface area contributed by atoms with Gasteiger partial charge in [0.15, 0.2) is 5.82 Å². The Labute approximate surface area is 242 Å². The van der Waals surface area contributed by atoms with Gasteiger partial charge in [0.1, 0.15) is 17.0 Å². The van der Waals surface area contributed by atoms with Gasteiger partial charge in [0.05, 0.1) is 11.4 Å². The maximum atomic E-state index is 14.2. The van der Waals surface area contributed by atoms with E-state index in [0.717, 1.165) is 73.7 Å². The molecule has 42 heavy (non-hydrogen) atoms. The predicted molar refractivity (Wildman–Crippen MR) is 169 cm³/mol. The SMILES string of the molecule is Fc1cccc(-c2cc(-c3ccccc3)nc(C3=CC(c4ccc5c(c4)oc4c6ccccc6ccc54)=CCC3)n2)c1. The first-order valence-corrected chi connectivity index (χ1v) is 14.2. The maximum Gasteiger partial charge on any atom is 0.156 e. The summed E-state index contributed by atoms with van der Waals surface area (Å²) in [5.74, 6) is 0.377. The molecule has 0 bridgehead atoms. The summed E-state index contributed by atoms with van der Waals surface area (Å²) in [6.07, 6.45) is 6.14. The lowest BCUT2D eigenvalue weighted by molar-refractivity contribution is 0.628. The van der Waals surface area contributed by atoms with Gasteiger partial charge in [0.25, 0.3) is 0 Å². The zero-order chi connectivity index (χ0) is 28.0. The molecule has 3 nitrogen and oxygen atoms in total. The smallest absolute Gasteiger partial charge is 0.156 e. The molecule has 2 heterocycles. The first-order chi connectivity index (χ1) is 20.7. The molecule has 0 amide bonds. The van der Waals surface area contributed by atoms with Crippen LogP contribution in [-0.4, -0.2) is 9.97 Å². The molecule has 4 heteroatoms. The fourth-order valence-corrected chi connectivity index (χ4v) is 5.91. The predicted octanol–water partition coefficient (Wildman–Crippen LogP) is 10.3. The van der Waals surface area contributed by atoms with E-state index in [4.69, 9.17) is 14.4 Å². The van der Waals surface area contributed by atoms with Crippen LogP contribution in [-0.2, 0) is 0 Å². The van der Waals surface area contributed by atoms with E-state index in [1.165, 1.54) is 17.5 Å². The Morgan fingerprint density at radius 2 is 1.40 bits per heavy atom. The standard InChI is InChI=1S/C38H25FN2O/c39-30-14-7-12-28(21-30)35-23-34(25-9-2-1-3-10-25)40-38(41-35)29-13-6-11-26(20-29)27-17-18-32-33-19-16-24-8-4-5-15-31(24)37(33)42-36(32)22-27/h1-5,7-12,14-23H,6,13H2. The molecule has 0 fully saturated rings. The number of rotatable bonds is 4. The Morgan fingerprint density at radius 3 is 2.29 bits per heavy atom. The number of nitrogens with zero attached hydrogens (tertiary/aromatic N) is 2. The fourth-order valence-electron chi connectivity index (χ4n) is 5.91. The summed E-state index contributed by atoms with van der Waals surface area (Å²) in [6, 6.07) is 37.6. The lowest BCUT2D eigenvalue weighted by Gasteiger charge is -2.15. The third kappa shape index (κ3) is 4.29. The number of hydrogen-bond acceptors (Lipinski definition) is 3. The van der Waals surface area contributed by atoms with Crippen molar-refractivity contribution in [3.63, 3.8) is 0 Å². The Kier molecular flexibility index (Phi) is 5.78. The Balaban J connectivity index is 1.22. The highest BCUT2D eigenvalue weighted by molar-refractivity contribution is 6.15. The van der Waals surface area contributed by atoms with Crippen LogP contribution in [0.15, 0.2) is 132 Å². The molecule has 0 aliphatic heterocycles. The zero-order valence-electron chi connectivity index (χ0n) is 22.7. The van der Waals surface area contributed by atoms with Crippen molar-refractivity contribution < 1.29 is 8.81 Å². The number of furan rings is 1. The third-order valence-electron chi connectivity index (χ3n) is 8.01. The van der Waals surface area contributed by atoms with Crippen molar-refractivity contribution >= 4 is 43.9 Å². The molecular weight excluding hydrogens is 519 g/mol. The lowest BCUT2D eigenvalue weighted by atomic mass is 9.93. The van der Waals surface area contributed by atoms with Crippen LogP contribution in [0.25, 0.3) is 66.4 Å². The highest BCUT2D eigenvalue weighted by Crippen LogP contribution is 2.37.